The van der Waals surface area contributed by atoms with Gasteiger partial charge in [0.05, 0.1) is 9.85 Å². The van der Waals surface area contributed by atoms with Gasteiger partial charge in [0.25, 0.3) is 17.3 Å². The van der Waals surface area contributed by atoms with Gasteiger partial charge < -0.3 is 9.80 Å². The third kappa shape index (κ3) is 3.71. The van der Waals surface area contributed by atoms with Gasteiger partial charge >= 0.3 is 0 Å². The molecule has 0 bridgehead atoms. The molecular formula is C18H18N4O5. The molecule has 0 N–H and O–H groups in total. The number of nitro groups is 2. The van der Waals surface area contributed by atoms with Crippen molar-refractivity contribution in [3.05, 3.63) is 73.8 Å². The maximum Gasteiger partial charge on any atom is 0.285 e. The van der Waals surface area contributed by atoms with Crippen molar-refractivity contribution < 1.29 is 14.6 Å². The highest BCUT2D eigenvalue weighted by Crippen LogP contribution is 2.26. The van der Waals surface area contributed by atoms with Crippen molar-refractivity contribution in [2.75, 3.05) is 31.1 Å². The zero-order valence-corrected chi connectivity index (χ0v) is 14.7. The lowest BCUT2D eigenvalue weighted by Gasteiger charge is -2.36. The third-order valence-corrected chi connectivity index (χ3v) is 4.64. The molecular weight excluding hydrogens is 352 g/mol. The molecule has 0 radical (unpaired) electrons. The molecule has 0 spiro atoms. The smallest absolute Gasteiger partial charge is 0.285 e. The number of hydrogen-bond acceptors (Lipinski definition) is 6. The first kappa shape index (κ1) is 18.3. The van der Waals surface area contributed by atoms with Crippen molar-refractivity contribution in [3.8, 4) is 0 Å². The summed E-state index contributed by atoms with van der Waals surface area (Å²) >= 11 is 0. The van der Waals surface area contributed by atoms with Crippen LogP contribution in [0, 0.1) is 27.2 Å². The topological polar surface area (TPSA) is 110 Å². The summed E-state index contributed by atoms with van der Waals surface area (Å²) in [5.41, 5.74) is 1.27. The average molecular weight is 370 g/mol. The van der Waals surface area contributed by atoms with Crippen LogP contribution in [0.15, 0.2) is 42.5 Å². The van der Waals surface area contributed by atoms with Crippen LogP contribution < -0.4 is 4.90 Å². The number of anilines is 1. The largest absolute Gasteiger partial charge is 0.368 e. The Kier molecular flexibility index (Phi) is 5.02. The summed E-state index contributed by atoms with van der Waals surface area (Å²) in [5.74, 6) is -0.353. The predicted molar refractivity (Wildman–Crippen MR) is 99.0 cm³/mol. The lowest BCUT2D eigenvalue weighted by Crippen LogP contribution is -2.48. The van der Waals surface area contributed by atoms with Crippen LogP contribution in [-0.4, -0.2) is 46.8 Å². The molecule has 1 aliphatic heterocycles. The van der Waals surface area contributed by atoms with Crippen LogP contribution in [0.2, 0.25) is 0 Å². The number of non-ortho nitro benzene ring substituents is 1. The maximum absolute atomic E-state index is 12.8. The minimum absolute atomic E-state index is 0.0271. The molecule has 9 nitrogen and oxygen atoms in total. The molecule has 0 unspecified atom stereocenters. The second kappa shape index (κ2) is 7.40. The first-order chi connectivity index (χ1) is 12.9. The van der Waals surface area contributed by atoms with E-state index >= 15 is 0 Å². The molecule has 1 fully saturated rings. The van der Waals surface area contributed by atoms with Gasteiger partial charge in [-0.1, -0.05) is 12.1 Å². The van der Waals surface area contributed by atoms with Crippen molar-refractivity contribution in [2.45, 2.75) is 6.92 Å². The number of rotatable bonds is 4. The van der Waals surface area contributed by atoms with Gasteiger partial charge in [-0.15, -0.1) is 0 Å². The van der Waals surface area contributed by atoms with E-state index in [0.717, 1.165) is 5.69 Å². The lowest BCUT2D eigenvalue weighted by atomic mass is 10.1. The van der Waals surface area contributed by atoms with Gasteiger partial charge in [-0.25, -0.2) is 0 Å². The number of amides is 1. The number of hydrogen-bond donors (Lipinski definition) is 0. The first-order valence-electron chi connectivity index (χ1n) is 8.41. The Hall–Kier alpha value is -3.49. The normalized spacial score (nSPS) is 14.1. The van der Waals surface area contributed by atoms with Crippen LogP contribution in [0.5, 0.6) is 0 Å². The second-order valence-corrected chi connectivity index (χ2v) is 6.28. The highest BCUT2D eigenvalue weighted by molar-refractivity contribution is 5.98. The molecule has 27 heavy (non-hydrogen) atoms. The van der Waals surface area contributed by atoms with Crippen LogP contribution in [0.1, 0.15) is 15.9 Å². The van der Waals surface area contributed by atoms with E-state index in [1.54, 1.807) is 36.1 Å². The van der Waals surface area contributed by atoms with Crippen LogP contribution in [0.3, 0.4) is 0 Å². The van der Waals surface area contributed by atoms with E-state index in [1.807, 2.05) is 4.90 Å². The van der Waals surface area contributed by atoms with Gasteiger partial charge in [0, 0.05) is 49.6 Å². The molecule has 2 aromatic carbocycles. The zero-order chi connectivity index (χ0) is 19.6. The van der Waals surface area contributed by atoms with Crippen molar-refractivity contribution in [2.24, 2.45) is 0 Å². The molecule has 0 saturated carbocycles. The quantitative estimate of drug-likeness (QED) is 0.604. The summed E-state index contributed by atoms with van der Waals surface area (Å²) in [6, 6.07) is 11.0. The fourth-order valence-electron chi connectivity index (χ4n) is 3.20. The molecule has 0 aromatic heterocycles. The van der Waals surface area contributed by atoms with E-state index in [9.17, 15) is 25.0 Å². The standard InChI is InChI=1S/C18H18N4O5/c1-13-3-2-4-16(17(13)22(26)27)18(23)20-11-9-19(10-12-20)14-5-7-15(8-6-14)21(24)25/h2-8H,9-12H2,1H3. The van der Waals surface area contributed by atoms with Gasteiger partial charge in [-0.2, -0.15) is 0 Å². The first-order valence-corrected chi connectivity index (χ1v) is 8.41. The van der Waals surface area contributed by atoms with Gasteiger partial charge in [-0.3, -0.25) is 25.0 Å². The van der Waals surface area contributed by atoms with Crippen molar-refractivity contribution >= 4 is 23.0 Å². The molecule has 0 atom stereocenters. The predicted octanol–water partition coefficient (Wildman–Crippen LogP) is 2.77. The Labute approximate surface area is 155 Å². The zero-order valence-electron chi connectivity index (χ0n) is 14.7. The molecule has 1 heterocycles. The lowest BCUT2D eigenvalue weighted by molar-refractivity contribution is -0.385. The number of nitro benzene ring substituents is 2. The third-order valence-electron chi connectivity index (χ3n) is 4.64. The molecule has 0 aliphatic carbocycles. The van der Waals surface area contributed by atoms with Crippen molar-refractivity contribution in [3.63, 3.8) is 0 Å². The SMILES string of the molecule is Cc1cccc(C(=O)N2CCN(c3ccc([N+](=O)[O-])cc3)CC2)c1[N+](=O)[O-]. The minimum atomic E-state index is -0.518. The summed E-state index contributed by atoms with van der Waals surface area (Å²) in [4.78, 5) is 37.5. The average Bonchev–Trinajstić information content (AvgIpc) is 2.67. The number of carbonyl (C=O) groups is 1. The number of piperazine rings is 1. The van der Waals surface area contributed by atoms with E-state index < -0.39 is 9.85 Å². The Morgan fingerprint density at radius 1 is 0.926 bits per heavy atom. The van der Waals surface area contributed by atoms with Crippen LogP contribution in [-0.2, 0) is 0 Å². The molecule has 9 heteroatoms. The molecule has 2 aromatic rings. The number of aryl methyl sites for hydroxylation is 1. The second-order valence-electron chi connectivity index (χ2n) is 6.28. The van der Waals surface area contributed by atoms with Gasteiger partial charge in [0.2, 0.25) is 0 Å². The van der Waals surface area contributed by atoms with Crippen LogP contribution in [0.4, 0.5) is 17.1 Å². The van der Waals surface area contributed by atoms with E-state index in [-0.39, 0.29) is 22.8 Å². The van der Waals surface area contributed by atoms with Gasteiger partial charge in [0.1, 0.15) is 5.56 Å². The number of para-hydroxylation sites is 1. The van der Waals surface area contributed by atoms with Crippen molar-refractivity contribution in [1.82, 2.24) is 4.90 Å². The van der Waals surface area contributed by atoms with E-state index in [0.29, 0.717) is 31.7 Å². The summed E-state index contributed by atoms with van der Waals surface area (Å²) in [5, 5.41) is 22.1. The fourth-order valence-corrected chi connectivity index (χ4v) is 3.20. The fraction of sp³-hybridized carbons (Fsp3) is 0.278. The Balaban J connectivity index is 1.71. The Bertz CT molecular complexity index is 889. The highest BCUT2D eigenvalue weighted by atomic mass is 16.6. The summed E-state index contributed by atoms with van der Waals surface area (Å²) in [7, 11) is 0. The summed E-state index contributed by atoms with van der Waals surface area (Å²) in [6.45, 7) is 3.54. The van der Waals surface area contributed by atoms with Crippen LogP contribution >= 0.6 is 0 Å². The van der Waals surface area contributed by atoms with Gasteiger partial charge in [-0.05, 0) is 25.1 Å². The molecule has 140 valence electrons. The van der Waals surface area contributed by atoms with E-state index in [2.05, 4.69) is 0 Å². The minimum Gasteiger partial charge on any atom is -0.368 e. The van der Waals surface area contributed by atoms with Crippen LogP contribution in [0.25, 0.3) is 0 Å². The molecule has 1 aliphatic rings. The Morgan fingerprint density at radius 2 is 1.56 bits per heavy atom. The number of carbonyl (C=O) groups excluding carboxylic acids is 1. The summed E-state index contributed by atoms with van der Waals surface area (Å²) in [6.07, 6.45) is 0. The number of benzene rings is 2. The monoisotopic (exact) mass is 370 g/mol. The van der Waals surface area contributed by atoms with E-state index in [4.69, 9.17) is 0 Å². The molecule has 3 rings (SSSR count). The molecule has 1 saturated heterocycles. The summed E-state index contributed by atoms with van der Waals surface area (Å²) < 4.78 is 0. The maximum atomic E-state index is 12.8. The van der Waals surface area contributed by atoms with Gasteiger partial charge in [0.15, 0.2) is 0 Å². The molecule has 1 amide bonds. The Morgan fingerprint density at radius 3 is 2.11 bits per heavy atom. The number of nitrogens with zero attached hydrogens (tertiary/aromatic N) is 4. The highest BCUT2D eigenvalue weighted by Gasteiger charge is 2.28. The van der Waals surface area contributed by atoms with E-state index in [1.165, 1.54) is 18.2 Å². The van der Waals surface area contributed by atoms with Crippen molar-refractivity contribution in [1.29, 1.82) is 0 Å².